The Labute approximate surface area is 110 Å². The zero-order valence-electron chi connectivity index (χ0n) is 10.5. The maximum Gasteiger partial charge on any atom is 0.255 e. The number of anilines is 1. The van der Waals surface area contributed by atoms with Gasteiger partial charge in [-0.25, -0.2) is 4.98 Å². The fourth-order valence-corrected chi connectivity index (χ4v) is 2.08. The Morgan fingerprint density at radius 1 is 1.16 bits per heavy atom. The third-order valence-corrected chi connectivity index (χ3v) is 3.09. The Kier molecular flexibility index (Phi) is 2.76. The molecule has 0 aliphatic carbocycles. The van der Waals surface area contributed by atoms with Gasteiger partial charge in [0, 0.05) is 5.56 Å². The number of fused-ring (bicyclic) bond motifs is 1. The summed E-state index contributed by atoms with van der Waals surface area (Å²) in [6.45, 7) is 1.92. The van der Waals surface area contributed by atoms with Crippen molar-refractivity contribution in [2.75, 3.05) is 5.32 Å². The molecule has 1 heterocycles. The number of rotatable bonds is 2. The van der Waals surface area contributed by atoms with Crippen LogP contribution in [-0.2, 0) is 0 Å². The normalized spacial score (nSPS) is 10.6. The van der Waals surface area contributed by atoms with Gasteiger partial charge >= 0.3 is 0 Å². The molecule has 19 heavy (non-hydrogen) atoms. The molecule has 0 aliphatic heterocycles. The van der Waals surface area contributed by atoms with Crippen LogP contribution in [0.25, 0.3) is 11.0 Å². The Hall–Kier alpha value is -2.62. The van der Waals surface area contributed by atoms with Gasteiger partial charge in [0.25, 0.3) is 5.91 Å². The van der Waals surface area contributed by atoms with Crippen LogP contribution in [0.1, 0.15) is 15.9 Å². The molecule has 0 radical (unpaired) electrons. The van der Waals surface area contributed by atoms with E-state index in [1.54, 1.807) is 6.33 Å². The summed E-state index contributed by atoms with van der Waals surface area (Å²) >= 11 is 0. The summed E-state index contributed by atoms with van der Waals surface area (Å²) in [4.78, 5) is 19.5. The number of para-hydroxylation sites is 1. The minimum Gasteiger partial charge on any atom is -0.345 e. The van der Waals surface area contributed by atoms with Crippen molar-refractivity contribution in [3.63, 3.8) is 0 Å². The number of benzene rings is 2. The summed E-state index contributed by atoms with van der Waals surface area (Å²) in [7, 11) is 0. The van der Waals surface area contributed by atoms with Crippen molar-refractivity contribution in [3.05, 3.63) is 59.9 Å². The second kappa shape index (κ2) is 4.57. The minimum atomic E-state index is -0.117. The summed E-state index contributed by atoms with van der Waals surface area (Å²) in [6.07, 6.45) is 1.62. The highest BCUT2D eigenvalue weighted by Crippen LogP contribution is 2.20. The van der Waals surface area contributed by atoms with Gasteiger partial charge in [-0.2, -0.15) is 0 Å². The Bertz CT molecular complexity index is 746. The fraction of sp³-hybridized carbons (Fsp3) is 0.0667. The van der Waals surface area contributed by atoms with Crippen LogP contribution < -0.4 is 5.32 Å². The lowest BCUT2D eigenvalue weighted by Gasteiger charge is -2.07. The monoisotopic (exact) mass is 251 g/mol. The molecule has 0 fully saturated rings. The van der Waals surface area contributed by atoms with Gasteiger partial charge in [0.2, 0.25) is 0 Å². The predicted octanol–water partition coefficient (Wildman–Crippen LogP) is 3.12. The molecule has 3 rings (SSSR count). The number of nitrogens with one attached hydrogen (secondary N) is 2. The first-order valence-electron chi connectivity index (χ1n) is 6.05. The van der Waals surface area contributed by atoms with Crippen molar-refractivity contribution in [1.29, 1.82) is 0 Å². The van der Waals surface area contributed by atoms with E-state index in [-0.39, 0.29) is 5.91 Å². The number of aromatic nitrogens is 2. The van der Waals surface area contributed by atoms with E-state index in [9.17, 15) is 4.79 Å². The molecule has 4 heteroatoms. The Morgan fingerprint density at radius 3 is 2.84 bits per heavy atom. The molecule has 1 amide bonds. The van der Waals surface area contributed by atoms with E-state index in [4.69, 9.17) is 0 Å². The summed E-state index contributed by atoms with van der Waals surface area (Å²) < 4.78 is 0. The molecule has 94 valence electrons. The van der Waals surface area contributed by atoms with Gasteiger partial charge in [-0.15, -0.1) is 0 Å². The number of aromatic amines is 1. The standard InChI is InChI=1S/C15H13N3O/c1-10-5-2-3-6-11(10)15(19)18-13-8-4-7-12-14(13)17-9-16-12/h2-9H,1H3,(H,16,17)(H,18,19). The molecular formula is C15H13N3O. The fourth-order valence-electron chi connectivity index (χ4n) is 2.08. The Balaban J connectivity index is 1.95. The molecule has 0 atom stereocenters. The van der Waals surface area contributed by atoms with Crippen LogP contribution in [0.5, 0.6) is 0 Å². The molecule has 0 unspecified atom stereocenters. The zero-order chi connectivity index (χ0) is 13.2. The van der Waals surface area contributed by atoms with Gasteiger partial charge in [-0.05, 0) is 30.7 Å². The van der Waals surface area contributed by atoms with E-state index >= 15 is 0 Å². The van der Waals surface area contributed by atoms with Crippen LogP contribution in [0.3, 0.4) is 0 Å². The van der Waals surface area contributed by atoms with Gasteiger partial charge in [0.05, 0.1) is 17.5 Å². The number of aryl methyl sites for hydroxylation is 1. The molecule has 4 nitrogen and oxygen atoms in total. The van der Waals surface area contributed by atoms with Gasteiger partial charge < -0.3 is 10.3 Å². The number of amides is 1. The average molecular weight is 251 g/mol. The zero-order valence-corrected chi connectivity index (χ0v) is 10.5. The first-order chi connectivity index (χ1) is 9.25. The maximum atomic E-state index is 12.3. The average Bonchev–Trinajstić information content (AvgIpc) is 2.88. The molecule has 3 aromatic rings. The third kappa shape index (κ3) is 2.08. The summed E-state index contributed by atoms with van der Waals surface area (Å²) in [6, 6.07) is 13.2. The van der Waals surface area contributed by atoms with Gasteiger partial charge in [-0.1, -0.05) is 24.3 Å². The van der Waals surface area contributed by atoms with E-state index in [1.165, 1.54) is 0 Å². The number of hydrogen-bond donors (Lipinski definition) is 2. The van der Waals surface area contributed by atoms with Crippen molar-refractivity contribution >= 4 is 22.6 Å². The smallest absolute Gasteiger partial charge is 0.255 e. The second-order valence-electron chi connectivity index (χ2n) is 4.37. The van der Waals surface area contributed by atoms with Gasteiger partial charge in [-0.3, -0.25) is 4.79 Å². The van der Waals surface area contributed by atoms with Crippen LogP contribution in [-0.4, -0.2) is 15.9 Å². The highest BCUT2D eigenvalue weighted by molar-refractivity contribution is 6.08. The van der Waals surface area contributed by atoms with Crippen molar-refractivity contribution in [2.24, 2.45) is 0 Å². The minimum absolute atomic E-state index is 0.117. The number of H-pyrrole nitrogens is 1. The summed E-state index contributed by atoms with van der Waals surface area (Å²) in [5.41, 5.74) is 4.02. The van der Waals surface area contributed by atoms with Crippen LogP contribution in [0.4, 0.5) is 5.69 Å². The lowest BCUT2D eigenvalue weighted by atomic mass is 10.1. The third-order valence-electron chi connectivity index (χ3n) is 3.09. The van der Waals surface area contributed by atoms with Crippen molar-refractivity contribution in [2.45, 2.75) is 6.92 Å². The Morgan fingerprint density at radius 2 is 2.00 bits per heavy atom. The topological polar surface area (TPSA) is 57.8 Å². The number of hydrogen-bond acceptors (Lipinski definition) is 2. The van der Waals surface area contributed by atoms with Crippen molar-refractivity contribution in [1.82, 2.24) is 9.97 Å². The molecule has 1 aromatic heterocycles. The molecule has 0 saturated heterocycles. The van der Waals surface area contributed by atoms with Gasteiger partial charge in [0.1, 0.15) is 5.52 Å². The SMILES string of the molecule is Cc1ccccc1C(=O)Nc1cccc2[nH]cnc12. The van der Waals surface area contributed by atoms with Crippen LogP contribution in [0.2, 0.25) is 0 Å². The van der Waals surface area contributed by atoms with Crippen LogP contribution in [0.15, 0.2) is 48.8 Å². The van der Waals surface area contributed by atoms with E-state index in [0.29, 0.717) is 11.3 Å². The first kappa shape index (κ1) is 11.5. The number of nitrogens with zero attached hydrogens (tertiary/aromatic N) is 1. The molecule has 2 N–H and O–H groups in total. The van der Waals surface area contributed by atoms with Gasteiger partial charge in [0.15, 0.2) is 0 Å². The quantitative estimate of drug-likeness (QED) is 0.735. The number of carbonyl (C=O) groups excluding carboxylic acids is 1. The predicted molar refractivity (Wildman–Crippen MR) is 75.2 cm³/mol. The largest absolute Gasteiger partial charge is 0.345 e. The molecule has 2 aromatic carbocycles. The van der Waals surface area contributed by atoms with Crippen LogP contribution >= 0.6 is 0 Å². The van der Waals surface area contributed by atoms with Crippen LogP contribution in [0, 0.1) is 6.92 Å². The molecule has 0 spiro atoms. The second-order valence-corrected chi connectivity index (χ2v) is 4.37. The van der Waals surface area contributed by atoms with E-state index in [0.717, 1.165) is 16.6 Å². The lowest BCUT2D eigenvalue weighted by Crippen LogP contribution is -2.13. The molecular weight excluding hydrogens is 238 g/mol. The van der Waals surface area contributed by atoms with E-state index < -0.39 is 0 Å². The number of imidazole rings is 1. The lowest BCUT2D eigenvalue weighted by molar-refractivity contribution is 0.102. The van der Waals surface area contributed by atoms with E-state index in [2.05, 4.69) is 15.3 Å². The van der Waals surface area contributed by atoms with E-state index in [1.807, 2.05) is 49.4 Å². The molecule has 0 bridgehead atoms. The van der Waals surface area contributed by atoms with Crippen molar-refractivity contribution < 1.29 is 4.79 Å². The maximum absolute atomic E-state index is 12.3. The van der Waals surface area contributed by atoms with Crippen molar-refractivity contribution in [3.8, 4) is 0 Å². The number of carbonyl (C=O) groups is 1. The molecule has 0 aliphatic rings. The summed E-state index contributed by atoms with van der Waals surface area (Å²) in [5.74, 6) is -0.117. The highest BCUT2D eigenvalue weighted by Gasteiger charge is 2.10. The highest BCUT2D eigenvalue weighted by atomic mass is 16.1. The molecule has 0 saturated carbocycles. The first-order valence-corrected chi connectivity index (χ1v) is 6.05. The summed E-state index contributed by atoms with van der Waals surface area (Å²) in [5, 5.41) is 2.91.